The molecule has 2 heterocycles. The van der Waals surface area contributed by atoms with Crippen molar-refractivity contribution in [2.75, 3.05) is 11.9 Å². The number of fused-ring (bicyclic) bond motifs is 2. The number of anilines is 1. The Morgan fingerprint density at radius 3 is 2.83 bits per heavy atom. The molecule has 0 radical (unpaired) electrons. The first-order chi connectivity index (χ1) is 11.6. The van der Waals surface area contributed by atoms with Gasteiger partial charge in [0.1, 0.15) is 11.4 Å². The molecule has 0 saturated carbocycles. The number of carbonyl (C=O) groups is 1. The van der Waals surface area contributed by atoms with Crippen LogP contribution in [0.15, 0.2) is 41.0 Å². The quantitative estimate of drug-likeness (QED) is 0.737. The lowest BCUT2D eigenvalue weighted by molar-refractivity contribution is -0.117. The molecule has 24 heavy (non-hydrogen) atoms. The molecule has 4 nitrogen and oxygen atoms in total. The van der Waals surface area contributed by atoms with Crippen molar-refractivity contribution < 1.29 is 9.21 Å². The number of amides is 1. The number of aryl methyl sites for hydroxylation is 3. The minimum absolute atomic E-state index is 0.0105. The van der Waals surface area contributed by atoms with E-state index in [4.69, 9.17) is 4.42 Å². The van der Waals surface area contributed by atoms with Crippen LogP contribution in [-0.4, -0.2) is 17.9 Å². The van der Waals surface area contributed by atoms with E-state index in [1.165, 1.54) is 17.5 Å². The van der Waals surface area contributed by atoms with Crippen molar-refractivity contribution >= 4 is 22.7 Å². The number of aromatic nitrogens is 1. The van der Waals surface area contributed by atoms with E-state index in [0.717, 1.165) is 35.1 Å². The summed E-state index contributed by atoms with van der Waals surface area (Å²) in [5.41, 5.74) is 5.51. The third kappa shape index (κ3) is 2.58. The molecule has 0 saturated heterocycles. The minimum atomic E-state index is 0.0105. The molecule has 0 fully saturated rings. The van der Waals surface area contributed by atoms with Gasteiger partial charge in [-0.1, -0.05) is 6.07 Å². The van der Waals surface area contributed by atoms with Crippen LogP contribution in [0, 0.1) is 6.92 Å². The Morgan fingerprint density at radius 1 is 1.25 bits per heavy atom. The zero-order chi connectivity index (χ0) is 16.7. The van der Waals surface area contributed by atoms with E-state index in [1.54, 1.807) is 18.2 Å². The van der Waals surface area contributed by atoms with Gasteiger partial charge in [0.2, 0.25) is 5.91 Å². The van der Waals surface area contributed by atoms with Gasteiger partial charge in [0.05, 0.1) is 12.7 Å². The minimum Gasteiger partial charge on any atom is -0.464 e. The van der Waals surface area contributed by atoms with E-state index >= 15 is 0 Å². The molecule has 1 aliphatic carbocycles. The van der Waals surface area contributed by atoms with E-state index in [-0.39, 0.29) is 5.91 Å². The fourth-order valence-corrected chi connectivity index (χ4v) is 3.41. The standard InChI is InChI=1S/C20H20N2O2/c1-13-5-3-8-19(21-13)22(2)20(23)11-16-12-24-18-10-15-7-4-6-14(15)9-17(16)18/h3,5,8-10,12H,4,6-7,11H2,1-2H3. The van der Waals surface area contributed by atoms with Crippen molar-refractivity contribution in [3.05, 3.63) is 59.0 Å². The Bertz CT molecular complexity index is 927. The SMILES string of the molecule is Cc1cccc(N(C)C(=O)Cc2coc3cc4c(cc23)CCC4)n1. The van der Waals surface area contributed by atoms with Gasteiger partial charge in [-0.2, -0.15) is 0 Å². The van der Waals surface area contributed by atoms with Gasteiger partial charge in [0.15, 0.2) is 0 Å². The molecule has 0 bridgehead atoms. The summed E-state index contributed by atoms with van der Waals surface area (Å²) in [6.07, 6.45) is 5.49. The number of hydrogen-bond acceptors (Lipinski definition) is 3. The van der Waals surface area contributed by atoms with Gasteiger partial charge >= 0.3 is 0 Å². The van der Waals surface area contributed by atoms with Gasteiger partial charge < -0.3 is 4.42 Å². The van der Waals surface area contributed by atoms with E-state index < -0.39 is 0 Å². The summed E-state index contributed by atoms with van der Waals surface area (Å²) >= 11 is 0. The monoisotopic (exact) mass is 320 g/mol. The zero-order valence-electron chi connectivity index (χ0n) is 14.0. The molecule has 1 aromatic carbocycles. The average Bonchev–Trinajstić information content (AvgIpc) is 3.18. The molecular weight excluding hydrogens is 300 g/mol. The second-order valence-electron chi connectivity index (χ2n) is 6.50. The van der Waals surface area contributed by atoms with Crippen LogP contribution in [-0.2, 0) is 24.1 Å². The first-order valence-electron chi connectivity index (χ1n) is 8.34. The van der Waals surface area contributed by atoms with Crippen LogP contribution in [0.5, 0.6) is 0 Å². The van der Waals surface area contributed by atoms with Gasteiger partial charge in [0, 0.05) is 23.7 Å². The second kappa shape index (κ2) is 5.78. The van der Waals surface area contributed by atoms with Crippen LogP contribution in [0.25, 0.3) is 11.0 Å². The number of furan rings is 1. The third-order valence-corrected chi connectivity index (χ3v) is 4.80. The molecule has 1 amide bonds. The molecule has 122 valence electrons. The predicted octanol–water partition coefficient (Wildman–Crippen LogP) is 3.83. The number of rotatable bonds is 3. The zero-order valence-corrected chi connectivity index (χ0v) is 14.0. The smallest absolute Gasteiger partial charge is 0.232 e. The molecule has 0 atom stereocenters. The first kappa shape index (κ1) is 14.9. The topological polar surface area (TPSA) is 46.3 Å². The van der Waals surface area contributed by atoms with Gasteiger partial charge in [-0.25, -0.2) is 4.98 Å². The van der Waals surface area contributed by atoms with Crippen LogP contribution in [0.4, 0.5) is 5.82 Å². The number of pyridine rings is 1. The normalized spacial score (nSPS) is 13.2. The molecule has 0 unspecified atom stereocenters. The summed E-state index contributed by atoms with van der Waals surface area (Å²) in [7, 11) is 1.77. The Kier molecular flexibility index (Phi) is 3.60. The predicted molar refractivity (Wildman–Crippen MR) is 94.3 cm³/mol. The number of likely N-dealkylation sites (N-methyl/N-ethyl adjacent to an activating group) is 1. The third-order valence-electron chi connectivity index (χ3n) is 4.80. The highest BCUT2D eigenvalue weighted by Gasteiger charge is 2.19. The highest BCUT2D eigenvalue weighted by Crippen LogP contribution is 2.30. The molecule has 2 aromatic heterocycles. The van der Waals surface area contributed by atoms with Crippen molar-refractivity contribution in [3.8, 4) is 0 Å². The van der Waals surface area contributed by atoms with Crippen LogP contribution in [0.3, 0.4) is 0 Å². The fourth-order valence-electron chi connectivity index (χ4n) is 3.41. The summed E-state index contributed by atoms with van der Waals surface area (Å²) < 4.78 is 5.69. The fraction of sp³-hybridized carbons (Fsp3) is 0.300. The van der Waals surface area contributed by atoms with Gasteiger partial charge in [-0.05, 0) is 61.6 Å². The maximum absolute atomic E-state index is 12.6. The Balaban J connectivity index is 1.61. The van der Waals surface area contributed by atoms with Crippen molar-refractivity contribution in [2.24, 2.45) is 0 Å². The summed E-state index contributed by atoms with van der Waals surface area (Å²) in [6.45, 7) is 1.92. The number of hydrogen-bond donors (Lipinski definition) is 0. The van der Waals surface area contributed by atoms with E-state index in [1.807, 2.05) is 25.1 Å². The van der Waals surface area contributed by atoms with Gasteiger partial charge in [-0.15, -0.1) is 0 Å². The Hall–Kier alpha value is -2.62. The summed E-state index contributed by atoms with van der Waals surface area (Å²) in [4.78, 5) is 18.7. The van der Waals surface area contributed by atoms with Crippen molar-refractivity contribution in [1.82, 2.24) is 4.98 Å². The van der Waals surface area contributed by atoms with Gasteiger partial charge in [0.25, 0.3) is 0 Å². The van der Waals surface area contributed by atoms with E-state index in [2.05, 4.69) is 17.1 Å². The number of carbonyl (C=O) groups excluding carboxylic acids is 1. The Morgan fingerprint density at radius 2 is 2.04 bits per heavy atom. The molecule has 0 N–H and O–H groups in total. The lowest BCUT2D eigenvalue weighted by Crippen LogP contribution is -2.28. The van der Waals surface area contributed by atoms with Crippen LogP contribution < -0.4 is 4.90 Å². The second-order valence-corrected chi connectivity index (χ2v) is 6.50. The molecular formula is C20H20N2O2. The van der Waals surface area contributed by atoms with E-state index in [0.29, 0.717) is 12.2 Å². The summed E-state index contributed by atoms with van der Waals surface area (Å²) in [5.74, 6) is 0.685. The molecule has 4 heteroatoms. The van der Waals surface area contributed by atoms with Crippen molar-refractivity contribution in [1.29, 1.82) is 0 Å². The van der Waals surface area contributed by atoms with Crippen LogP contribution in [0.1, 0.15) is 28.8 Å². The molecule has 4 rings (SSSR count). The number of benzene rings is 1. The summed E-state index contributed by atoms with van der Waals surface area (Å²) in [5, 5.41) is 1.06. The van der Waals surface area contributed by atoms with Crippen molar-refractivity contribution in [3.63, 3.8) is 0 Å². The maximum Gasteiger partial charge on any atom is 0.232 e. The molecule has 0 aliphatic heterocycles. The van der Waals surface area contributed by atoms with E-state index in [9.17, 15) is 4.79 Å². The largest absolute Gasteiger partial charge is 0.464 e. The van der Waals surface area contributed by atoms with Crippen LogP contribution >= 0.6 is 0 Å². The highest BCUT2D eigenvalue weighted by molar-refractivity contribution is 5.96. The van der Waals surface area contributed by atoms with Gasteiger partial charge in [-0.3, -0.25) is 9.69 Å². The lowest BCUT2D eigenvalue weighted by Gasteiger charge is -2.16. The molecule has 3 aromatic rings. The number of nitrogens with zero attached hydrogens (tertiary/aromatic N) is 2. The maximum atomic E-state index is 12.6. The average molecular weight is 320 g/mol. The van der Waals surface area contributed by atoms with Crippen molar-refractivity contribution in [2.45, 2.75) is 32.6 Å². The summed E-state index contributed by atoms with van der Waals surface area (Å²) in [6, 6.07) is 10.0. The molecule has 0 spiro atoms. The molecule has 1 aliphatic rings. The highest BCUT2D eigenvalue weighted by atomic mass is 16.3. The lowest BCUT2D eigenvalue weighted by atomic mass is 10.0. The Labute approximate surface area is 141 Å². The first-order valence-corrected chi connectivity index (χ1v) is 8.34. The van der Waals surface area contributed by atoms with Crippen LogP contribution in [0.2, 0.25) is 0 Å².